The lowest BCUT2D eigenvalue weighted by Gasteiger charge is -2.27. The normalized spacial score (nSPS) is 17.9. The highest BCUT2D eigenvalue weighted by atomic mass is 16.5. The Hall–Kier alpha value is -2.40. The molecule has 1 atom stereocenters. The number of hydrogen-bond acceptors (Lipinski definition) is 5. The fourth-order valence-electron chi connectivity index (χ4n) is 3.68. The molecule has 5 heteroatoms. The van der Waals surface area contributed by atoms with Crippen molar-refractivity contribution in [3.63, 3.8) is 0 Å². The van der Waals surface area contributed by atoms with Crippen molar-refractivity contribution in [2.75, 3.05) is 27.9 Å². The summed E-state index contributed by atoms with van der Waals surface area (Å²) >= 11 is 0. The first-order chi connectivity index (χ1) is 11.8. The van der Waals surface area contributed by atoms with Crippen LogP contribution in [0.2, 0.25) is 0 Å². The van der Waals surface area contributed by atoms with E-state index < -0.39 is 0 Å². The molecule has 126 valence electrons. The lowest BCUT2D eigenvalue weighted by atomic mass is 9.90. The Morgan fingerprint density at radius 1 is 0.917 bits per heavy atom. The molecule has 4 rings (SSSR count). The van der Waals surface area contributed by atoms with Gasteiger partial charge in [-0.1, -0.05) is 12.1 Å². The van der Waals surface area contributed by atoms with Crippen LogP contribution in [0.3, 0.4) is 0 Å². The zero-order chi connectivity index (χ0) is 16.7. The molecule has 0 saturated carbocycles. The van der Waals surface area contributed by atoms with Crippen molar-refractivity contribution >= 4 is 0 Å². The van der Waals surface area contributed by atoms with Gasteiger partial charge in [0, 0.05) is 17.2 Å². The van der Waals surface area contributed by atoms with Crippen molar-refractivity contribution in [1.29, 1.82) is 0 Å². The van der Waals surface area contributed by atoms with Crippen molar-refractivity contribution in [2.24, 2.45) is 0 Å². The molecule has 0 saturated heterocycles. The maximum atomic E-state index is 6.37. The van der Waals surface area contributed by atoms with Crippen molar-refractivity contribution < 1.29 is 18.9 Å². The summed E-state index contributed by atoms with van der Waals surface area (Å²) in [5, 5.41) is 3.61. The van der Waals surface area contributed by atoms with Gasteiger partial charge in [-0.3, -0.25) is 0 Å². The molecule has 0 bridgehead atoms. The van der Waals surface area contributed by atoms with E-state index in [-0.39, 0.29) is 6.04 Å². The number of benzene rings is 2. The number of methoxy groups -OCH3 is 3. The van der Waals surface area contributed by atoms with E-state index in [1.165, 1.54) is 11.1 Å². The number of fused-ring (bicyclic) bond motifs is 1. The van der Waals surface area contributed by atoms with Crippen LogP contribution in [0.25, 0.3) is 0 Å². The van der Waals surface area contributed by atoms with Gasteiger partial charge in [0.25, 0.3) is 0 Å². The molecule has 2 aromatic rings. The molecule has 0 amide bonds. The Labute approximate surface area is 141 Å². The Kier molecular flexibility index (Phi) is 3.73. The third-order valence-electron chi connectivity index (χ3n) is 4.81. The van der Waals surface area contributed by atoms with Gasteiger partial charge >= 0.3 is 0 Å². The third kappa shape index (κ3) is 2.19. The Morgan fingerprint density at radius 2 is 1.67 bits per heavy atom. The average Bonchev–Trinajstić information content (AvgIpc) is 2.79. The largest absolute Gasteiger partial charge is 0.493 e. The first kappa shape index (κ1) is 15.1. The summed E-state index contributed by atoms with van der Waals surface area (Å²) in [6, 6.07) is 8.30. The Morgan fingerprint density at radius 3 is 2.42 bits per heavy atom. The lowest BCUT2D eigenvalue weighted by molar-refractivity contribution is 0.328. The predicted octanol–water partition coefficient (Wildman–Crippen LogP) is 3.25. The summed E-state index contributed by atoms with van der Waals surface area (Å²) in [6.45, 7) is 0.964. The molecule has 2 heterocycles. The maximum Gasteiger partial charge on any atom is 0.204 e. The molecule has 2 aliphatic rings. The molecule has 2 aromatic carbocycles. The van der Waals surface area contributed by atoms with Gasteiger partial charge in [-0.05, 0) is 37.1 Å². The molecule has 1 N–H and O–H groups in total. The summed E-state index contributed by atoms with van der Waals surface area (Å²) < 4.78 is 22.9. The maximum absolute atomic E-state index is 6.37. The average molecular weight is 327 g/mol. The Bertz CT molecular complexity index is 787. The molecule has 2 aliphatic heterocycles. The fraction of sp³-hybridized carbons (Fsp3) is 0.368. The van der Waals surface area contributed by atoms with Gasteiger partial charge in [-0.25, -0.2) is 0 Å². The minimum atomic E-state index is 0.207. The lowest BCUT2D eigenvalue weighted by Crippen LogP contribution is -2.30. The van der Waals surface area contributed by atoms with Gasteiger partial charge in [-0.2, -0.15) is 0 Å². The van der Waals surface area contributed by atoms with Gasteiger partial charge in [0.2, 0.25) is 5.75 Å². The van der Waals surface area contributed by atoms with E-state index in [0.717, 1.165) is 36.4 Å². The minimum absolute atomic E-state index is 0.207. The number of nitrogens with one attached hydrogen (secondary N) is 1. The SMILES string of the molecule is COc1ccc2c(c1OC)Oc1c(OC)ccc3c1[C@H](C2)NCC3. The van der Waals surface area contributed by atoms with Crippen LogP contribution in [0.5, 0.6) is 28.7 Å². The van der Waals surface area contributed by atoms with E-state index in [1.54, 1.807) is 21.3 Å². The van der Waals surface area contributed by atoms with E-state index in [1.807, 2.05) is 18.2 Å². The standard InChI is InChI=1S/C19H21NO4/c1-21-14-6-4-11-8-9-20-13-10-12-5-7-15(22-2)19(23-3)17(12)24-18(14)16(11)13/h4-7,13,20H,8-10H2,1-3H3/t13-/m0/s1. The molecule has 0 fully saturated rings. The van der Waals surface area contributed by atoms with Crippen molar-refractivity contribution in [3.8, 4) is 28.7 Å². The molecular weight excluding hydrogens is 306 g/mol. The van der Waals surface area contributed by atoms with E-state index >= 15 is 0 Å². The van der Waals surface area contributed by atoms with Crippen LogP contribution >= 0.6 is 0 Å². The van der Waals surface area contributed by atoms with Crippen LogP contribution in [0, 0.1) is 0 Å². The smallest absolute Gasteiger partial charge is 0.204 e. The second kappa shape index (κ2) is 5.91. The van der Waals surface area contributed by atoms with Gasteiger partial charge in [-0.15, -0.1) is 0 Å². The monoisotopic (exact) mass is 327 g/mol. The molecule has 0 aromatic heterocycles. The quantitative estimate of drug-likeness (QED) is 0.938. The van der Waals surface area contributed by atoms with Crippen LogP contribution < -0.4 is 24.3 Å². The number of hydrogen-bond donors (Lipinski definition) is 1. The molecule has 5 nitrogen and oxygen atoms in total. The molecule has 0 unspecified atom stereocenters. The second-order valence-electron chi connectivity index (χ2n) is 6.02. The predicted molar refractivity (Wildman–Crippen MR) is 90.8 cm³/mol. The highest BCUT2D eigenvalue weighted by Crippen LogP contribution is 2.51. The number of ether oxygens (including phenoxy) is 4. The first-order valence-electron chi connectivity index (χ1n) is 8.11. The van der Waals surface area contributed by atoms with E-state index in [0.29, 0.717) is 17.2 Å². The highest BCUT2D eigenvalue weighted by Gasteiger charge is 2.32. The second-order valence-corrected chi connectivity index (χ2v) is 6.02. The van der Waals surface area contributed by atoms with Crippen molar-refractivity contribution in [3.05, 3.63) is 41.0 Å². The minimum Gasteiger partial charge on any atom is -0.493 e. The van der Waals surface area contributed by atoms with Crippen molar-refractivity contribution in [1.82, 2.24) is 5.32 Å². The fourth-order valence-corrected chi connectivity index (χ4v) is 3.68. The molecular formula is C19H21NO4. The number of rotatable bonds is 3. The van der Waals surface area contributed by atoms with E-state index in [2.05, 4.69) is 11.4 Å². The summed E-state index contributed by atoms with van der Waals surface area (Å²) in [5.41, 5.74) is 3.60. The summed E-state index contributed by atoms with van der Waals surface area (Å²) in [4.78, 5) is 0. The van der Waals surface area contributed by atoms with Gasteiger partial charge in [0.1, 0.15) is 0 Å². The van der Waals surface area contributed by atoms with Gasteiger partial charge in [0.15, 0.2) is 23.0 Å². The molecule has 0 radical (unpaired) electrons. The van der Waals surface area contributed by atoms with E-state index in [9.17, 15) is 0 Å². The van der Waals surface area contributed by atoms with Crippen LogP contribution in [-0.2, 0) is 12.8 Å². The highest BCUT2D eigenvalue weighted by molar-refractivity contribution is 5.63. The molecule has 0 aliphatic carbocycles. The summed E-state index contributed by atoms with van der Waals surface area (Å²) in [5.74, 6) is 3.50. The molecule has 24 heavy (non-hydrogen) atoms. The van der Waals surface area contributed by atoms with Crippen LogP contribution in [0.15, 0.2) is 24.3 Å². The van der Waals surface area contributed by atoms with Crippen molar-refractivity contribution in [2.45, 2.75) is 18.9 Å². The zero-order valence-electron chi connectivity index (χ0n) is 14.1. The third-order valence-corrected chi connectivity index (χ3v) is 4.81. The topological polar surface area (TPSA) is 49.0 Å². The first-order valence-corrected chi connectivity index (χ1v) is 8.11. The van der Waals surface area contributed by atoms with Crippen LogP contribution in [0.1, 0.15) is 22.7 Å². The Balaban J connectivity index is 1.95. The zero-order valence-corrected chi connectivity index (χ0v) is 14.1. The van der Waals surface area contributed by atoms with Crippen LogP contribution in [-0.4, -0.2) is 27.9 Å². The summed E-state index contributed by atoms with van der Waals surface area (Å²) in [7, 11) is 4.93. The van der Waals surface area contributed by atoms with Gasteiger partial charge < -0.3 is 24.3 Å². The van der Waals surface area contributed by atoms with Gasteiger partial charge in [0.05, 0.1) is 21.3 Å². The van der Waals surface area contributed by atoms with Crippen LogP contribution in [0.4, 0.5) is 0 Å². The van der Waals surface area contributed by atoms with E-state index in [4.69, 9.17) is 18.9 Å². The molecule has 0 spiro atoms. The summed E-state index contributed by atoms with van der Waals surface area (Å²) in [6.07, 6.45) is 1.83.